The first-order valence-electron chi connectivity index (χ1n) is 10.7. The second-order valence-corrected chi connectivity index (χ2v) is 8.29. The van der Waals surface area contributed by atoms with E-state index in [9.17, 15) is 9.59 Å². The molecule has 2 aromatic carbocycles. The number of carbonyl (C=O) groups excluding carboxylic acids is 2. The van der Waals surface area contributed by atoms with Gasteiger partial charge in [-0.1, -0.05) is 31.4 Å². The minimum atomic E-state index is -0.231. The number of amides is 2. The second-order valence-electron chi connectivity index (χ2n) is 8.29. The van der Waals surface area contributed by atoms with Crippen molar-refractivity contribution in [3.63, 3.8) is 0 Å². The normalized spacial score (nSPS) is 19.9. The molecule has 0 aromatic heterocycles. The van der Waals surface area contributed by atoms with Crippen LogP contribution in [0.4, 0.5) is 11.4 Å². The van der Waals surface area contributed by atoms with E-state index in [2.05, 4.69) is 22.3 Å². The van der Waals surface area contributed by atoms with Gasteiger partial charge >= 0.3 is 0 Å². The quantitative estimate of drug-likeness (QED) is 0.798. The van der Waals surface area contributed by atoms with E-state index in [1.807, 2.05) is 36.4 Å². The van der Waals surface area contributed by atoms with Crippen LogP contribution in [0.15, 0.2) is 48.5 Å². The summed E-state index contributed by atoms with van der Waals surface area (Å²) >= 11 is 0. The maximum absolute atomic E-state index is 12.6. The number of rotatable bonds is 5. The average Bonchev–Trinajstić information content (AvgIpc) is 3.26. The highest BCUT2D eigenvalue weighted by Crippen LogP contribution is 2.32. The number of hydrogen-bond donors (Lipinski definition) is 2. The number of nitrogens with zero attached hydrogens (tertiary/aromatic N) is 1. The number of primary amides is 1. The summed E-state index contributed by atoms with van der Waals surface area (Å²) in [6.45, 7) is 1.49. The summed E-state index contributed by atoms with van der Waals surface area (Å²) in [4.78, 5) is 26.1. The maximum Gasteiger partial charge on any atom is 0.255 e. The lowest BCUT2D eigenvalue weighted by molar-refractivity contribution is -0.121. The van der Waals surface area contributed by atoms with Gasteiger partial charge in [0.05, 0.1) is 5.92 Å². The molecule has 1 aliphatic heterocycles. The number of anilines is 2. The SMILES string of the molecule is NC(=O)C1CCN(c2ccc(NC(=O)c3ccc(C4CCCCC4)cc3)cc2)C1. The van der Waals surface area contributed by atoms with Gasteiger partial charge in [0, 0.05) is 30.0 Å². The van der Waals surface area contributed by atoms with E-state index >= 15 is 0 Å². The molecule has 29 heavy (non-hydrogen) atoms. The highest BCUT2D eigenvalue weighted by Gasteiger charge is 2.26. The first kappa shape index (κ1) is 19.5. The molecule has 1 heterocycles. The minimum absolute atomic E-state index is 0.0778. The lowest BCUT2D eigenvalue weighted by atomic mass is 9.84. The third-order valence-corrected chi connectivity index (χ3v) is 6.33. The van der Waals surface area contributed by atoms with Crippen LogP contribution in [0.3, 0.4) is 0 Å². The first-order valence-corrected chi connectivity index (χ1v) is 10.7. The van der Waals surface area contributed by atoms with E-state index in [-0.39, 0.29) is 17.7 Å². The topological polar surface area (TPSA) is 75.4 Å². The van der Waals surface area contributed by atoms with Crippen molar-refractivity contribution in [1.29, 1.82) is 0 Å². The Kier molecular flexibility index (Phi) is 5.84. The minimum Gasteiger partial charge on any atom is -0.371 e. The molecular weight excluding hydrogens is 362 g/mol. The molecule has 2 fully saturated rings. The molecule has 0 spiro atoms. The van der Waals surface area contributed by atoms with Gasteiger partial charge in [0.25, 0.3) is 5.91 Å². The zero-order valence-corrected chi connectivity index (χ0v) is 16.8. The Morgan fingerprint density at radius 3 is 2.21 bits per heavy atom. The molecule has 4 rings (SSSR count). The number of carbonyl (C=O) groups is 2. The van der Waals surface area contributed by atoms with Crippen LogP contribution in [0.1, 0.15) is 60.4 Å². The van der Waals surface area contributed by atoms with Gasteiger partial charge in [-0.05, 0) is 67.1 Å². The molecule has 0 bridgehead atoms. The number of hydrogen-bond acceptors (Lipinski definition) is 3. The highest BCUT2D eigenvalue weighted by atomic mass is 16.2. The number of benzene rings is 2. The molecule has 2 amide bonds. The molecule has 1 aliphatic carbocycles. The molecule has 1 saturated carbocycles. The van der Waals surface area contributed by atoms with Crippen molar-refractivity contribution in [2.24, 2.45) is 11.7 Å². The van der Waals surface area contributed by atoms with Gasteiger partial charge < -0.3 is 16.0 Å². The fourth-order valence-electron chi connectivity index (χ4n) is 4.53. The Morgan fingerprint density at radius 2 is 1.59 bits per heavy atom. The van der Waals surface area contributed by atoms with Crippen molar-refractivity contribution in [3.8, 4) is 0 Å². The summed E-state index contributed by atoms with van der Waals surface area (Å²) < 4.78 is 0. The number of nitrogens with one attached hydrogen (secondary N) is 1. The summed E-state index contributed by atoms with van der Waals surface area (Å²) in [6, 6.07) is 15.8. The smallest absolute Gasteiger partial charge is 0.255 e. The van der Waals surface area contributed by atoms with Crippen LogP contribution in [-0.2, 0) is 4.79 Å². The molecule has 2 aliphatic rings. The fourth-order valence-corrected chi connectivity index (χ4v) is 4.53. The van der Waals surface area contributed by atoms with Crippen LogP contribution in [0.25, 0.3) is 0 Å². The van der Waals surface area contributed by atoms with Gasteiger partial charge in [-0.3, -0.25) is 9.59 Å². The zero-order chi connectivity index (χ0) is 20.2. The van der Waals surface area contributed by atoms with Crippen molar-refractivity contribution in [2.45, 2.75) is 44.4 Å². The van der Waals surface area contributed by atoms with Gasteiger partial charge in [-0.15, -0.1) is 0 Å². The molecule has 5 heteroatoms. The summed E-state index contributed by atoms with van der Waals surface area (Å²) in [5, 5.41) is 2.97. The molecule has 1 unspecified atom stereocenters. The predicted molar refractivity (Wildman–Crippen MR) is 116 cm³/mol. The van der Waals surface area contributed by atoms with Crippen molar-refractivity contribution in [1.82, 2.24) is 0 Å². The van der Waals surface area contributed by atoms with Crippen LogP contribution < -0.4 is 16.0 Å². The molecule has 5 nitrogen and oxygen atoms in total. The third kappa shape index (κ3) is 4.61. The lowest BCUT2D eigenvalue weighted by Gasteiger charge is -2.22. The summed E-state index contributed by atoms with van der Waals surface area (Å²) in [5.41, 5.74) is 9.25. The van der Waals surface area contributed by atoms with Crippen molar-refractivity contribution in [3.05, 3.63) is 59.7 Å². The fraction of sp³-hybridized carbons (Fsp3) is 0.417. The van der Waals surface area contributed by atoms with Crippen LogP contribution in [0.2, 0.25) is 0 Å². The Morgan fingerprint density at radius 1 is 0.897 bits per heavy atom. The van der Waals surface area contributed by atoms with Crippen LogP contribution in [0.5, 0.6) is 0 Å². The summed E-state index contributed by atoms with van der Waals surface area (Å²) in [7, 11) is 0. The van der Waals surface area contributed by atoms with Crippen LogP contribution in [0, 0.1) is 5.92 Å². The Balaban J connectivity index is 1.35. The monoisotopic (exact) mass is 391 g/mol. The molecule has 3 N–H and O–H groups in total. The second kappa shape index (κ2) is 8.68. The molecule has 2 aromatic rings. The standard InChI is InChI=1S/C24H29N3O2/c25-23(28)20-14-15-27(16-20)22-12-10-21(11-13-22)26-24(29)19-8-6-18(7-9-19)17-4-2-1-3-5-17/h6-13,17,20H,1-5,14-16H2,(H2,25,28)(H,26,29). The first-order chi connectivity index (χ1) is 14.1. The Labute approximate surface area is 172 Å². The highest BCUT2D eigenvalue weighted by molar-refractivity contribution is 6.04. The molecular formula is C24H29N3O2. The summed E-state index contributed by atoms with van der Waals surface area (Å²) in [6.07, 6.45) is 7.28. The molecule has 1 atom stereocenters. The van der Waals surface area contributed by atoms with Crippen molar-refractivity contribution < 1.29 is 9.59 Å². The van der Waals surface area contributed by atoms with E-state index in [0.29, 0.717) is 18.0 Å². The molecule has 1 saturated heterocycles. The largest absolute Gasteiger partial charge is 0.371 e. The maximum atomic E-state index is 12.6. The van der Waals surface area contributed by atoms with E-state index < -0.39 is 0 Å². The predicted octanol–water partition coefficient (Wildman–Crippen LogP) is 4.30. The zero-order valence-electron chi connectivity index (χ0n) is 16.8. The van der Waals surface area contributed by atoms with Gasteiger partial charge in [-0.25, -0.2) is 0 Å². The Bertz CT molecular complexity index is 855. The average molecular weight is 392 g/mol. The van der Waals surface area contributed by atoms with Gasteiger partial charge in [-0.2, -0.15) is 0 Å². The molecule has 0 radical (unpaired) electrons. The van der Waals surface area contributed by atoms with Crippen molar-refractivity contribution >= 4 is 23.2 Å². The number of nitrogens with two attached hydrogens (primary N) is 1. The van der Waals surface area contributed by atoms with Gasteiger partial charge in [0.2, 0.25) is 5.91 Å². The van der Waals surface area contributed by atoms with Crippen LogP contribution in [-0.4, -0.2) is 24.9 Å². The van der Waals surface area contributed by atoms with Crippen molar-refractivity contribution in [2.75, 3.05) is 23.3 Å². The van der Waals surface area contributed by atoms with Crippen LogP contribution >= 0.6 is 0 Å². The lowest BCUT2D eigenvalue weighted by Crippen LogP contribution is -2.27. The van der Waals surface area contributed by atoms with E-state index in [4.69, 9.17) is 5.73 Å². The Hall–Kier alpha value is -2.82. The summed E-state index contributed by atoms with van der Waals surface area (Å²) in [5.74, 6) is 0.243. The van der Waals surface area contributed by atoms with Gasteiger partial charge in [0.15, 0.2) is 0 Å². The van der Waals surface area contributed by atoms with Gasteiger partial charge in [0.1, 0.15) is 0 Å². The third-order valence-electron chi connectivity index (χ3n) is 6.33. The van der Waals surface area contributed by atoms with E-state index in [0.717, 1.165) is 24.3 Å². The van der Waals surface area contributed by atoms with E-state index in [1.165, 1.54) is 37.7 Å². The molecule has 152 valence electrons. The van der Waals surface area contributed by atoms with E-state index in [1.54, 1.807) is 0 Å².